The number of nitrogens with zero attached hydrogens (tertiary/aromatic N) is 1. The molecule has 3 N–H and O–H groups in total. The molecule has 4 nitrogen and oxygen atoms in total. The first kappa shape index (κ1) is 14.9. The second-order valence-corrected chi connectivity index (χ2v) is 5.60. The standard InChI is InChI=1S/C16H24N2O2/c1-3-12-10-13(9-11(2)14(12)17)15(16(19)20)18-7-5-4-6-8-18/h9-10,15H,3-8,17H2,1-2H3,(H,19,20). The maximum absolute atomic E-state index is 11.7. The van der Waals surface area contributed by atoms with E-state index in [1.807, 2.05) is 26.0 Å². The highest BCUT2D eigenvalue weighted by atomic mass is 16.4. The minimum atomic E-state index is -0.766. The number of aliphatic carboxylic acids is 1. The number of benzene rings is 1. The molecule has 1 atom stereocenters. The van der Waals surface area contributed by atoms with Gasteiger partial charge in [-0.3, -0.25) is 9.69 Å². The Hall–Kier alpha value is -1.55. The van der Waals surface area contributed by atoms with Crippen LogP contribution in [0.2, 0.25) is 0 Å². The van der Waals surface area contributed by atoms with Gasteiger partial charge in [0.1, 0.15) is 6.04 Å². The van der Waals surface area contributed by atoms with E-state index in [9.17, 15) is 9.90 Å². The zero-order chi connectivity index (χ0) is 14.7. The van der Waals surface area contributed by atoms with Crippen molar-refractivity contribution in [2.45, 2.75) is 45.6 Å². The predicted octanol–water partition coefficient (Wildman–Crippen LogP) is 2.75. The van der Waals surface area contributed by atoms with Crippen LogP contribution < -0.4 is 5.73 Å². The molecule has 20 heavy (non-hydrogen) atoms. The van der Waals surface area contributed by atoms with Crippen molar-refractivity contribution in [3.05, 3.63) is 28.8 Å². The number of anilines is 1. The maximum Gasteiger partial charge on any atom is 0.325 e. The van der Waals surface area contributed by atoms with Gasteiger partial charge in [-0.15, -0.1) is 0 Å². The molecular formula is C16H24N2O2. The van der Waals surface area contributed by atoms with E-state index in [4.69, 9.17) is 5.73 Å². The summed E-state index contributed by atoms with van der Waals surface area (Å²) >= 11 is 0. The summed E-state index contributed by atoms with van der Waals surface area (Å²) in [6.45, 7) is 5.72. The Balaban J connectivity index is 2.38. The van der Waals surface area contributed by atoms with Gasteiger partial charge < -0.3 is 10.8 Å². The molecule has 1 aliphatic rings. The third kappa shape index (κ3) is 2.96. The van der Waals surface area contributed by atoms with E-state index >= 15 is 0 Å². The van der Waals surface area contributed by atoms with Gasteiger partial charge in [0.05, 0.1) is 0 Å². The van der Waals surface area contributed by atoms with Gasteiger partial charge in [0.2, 0.25) is 0 Å². The molecule has 0 radical (unpaired) electrons. The Morgan fingerprint density at radius 3 is 2.55 bits per heavy atom. The van der Waals surface area contributed by atoms with Gasteiger partial charge in [-0.05, 0) is 56.0 Å². The number of aryl methyl sites for hydroxylation is 2. The highest BCUT2D eigenvalue weighted by molar-refractivity contribution is 5.76. The molecular weight excluding hydrogens is 252 g/mol. The summed E-state index contributed by atoms with van der Waals surface area (Å²) in [7, 11) is 0. The summed E-state index contributed by atoms with van der Waals surface area (Å²) < 4.78 is 0. The minimum absolute atomic E-state index is 0.542. The molecule has 1 heterocycles. The van der Waals surface area contributed by atoms with E-state index in [-0.39, 0.29) is 0 Å². The van der Waals surface area contributed by atoms with Crippen LogP contribution in [-0.2, 0) is 11.2 Å². The van der Waals surface area contributed by atoms with Crippen LogP contribution in [0.4, 0.5) is 5.69 Å². The number of rotatable bonds is 4. The van der Waals surface area contributed by atoms with Gasteiger partial charge in [0.25, 0.3) is 0 Å². The predicted molar refractivity (Wildman–Crippen MR) is 80.8 cm³/mol. The second-order valence-electron chi connectivity index (χ2n) is 5.60. The first-order chi connectivity index (χ1) is 9.54. The summed E-state index contributed by atoms with van der Waals surface area (Å²) in [4.78, 5) is 13.8. The highest BCUT2D eigenvalue weighted by Crippen LogP contribution is 2.29. The number of carboxylic acid groups (broad SMARTS) is 1. The van der Waals surface area contributed by atoms with Crippen molar-refractivity contribution in [2.24, 2.45) is 0 Å². The number of hydrogen-bond donors (Lipinski definition) is 2. The molecule has 0 spiro atoms. The lowest BCUT2D eigenvalue weighted by Crippen LogP contribution is -2.38. The van der Waals surface area contributed by atoms with Crippen molar-refractivity contribution in [3.63, 3.8) is 0 Å². The van der Waals surface area contributed by atoms with Gasteiger partial charge >= 0.3 is 5.97 Å². The molecule has 1 aromatic carbocycles. The molecule has 2 rings (SSSR count). The van der Waals surface area contributed by atoms with Gasteiger partial charge in [0.15, 0.2) is 0 Å². The number of nitrogen functional groups attached to an aromatic ring is 1. The lowest BCUT2D eigenvalue weighted by molar-refractivity contribution is -0.144. The summed E-state index contributed by atoms with van der Waals surface area (Å²) in [6, 6.07) is 3.36. The molecule has 1 saturated heterocycles. The number of hydrogen-bond acceptors (Lipinski definition) is 3. The zero-order valence-electron chi connectivity index (χ0n) is 12.4. The Labute approximate surface area is 120 Å². The molecule has 4 heteroatoms. The van der Waals surface area contributed by atoms with Crippen molar-refractivity contribution >= 4 is 11.7 Å². The zero-order valence-corrected chi connectivity index (χ0v) is 12.4. The van der Waals surface area contributed by atoms with Crippen molar-refractivity contribution in [2.75, 3.05) is 18.8 Å². The lowest BCUT2D eigenvalue weighted by Gasteiger charge is -2.32. The molecule has 1 aliphatic heterocycles. The van der Waals surface area contributed by atoms with Gasteiger partial charge in [-0.1, -0.05) is 25.5 Å². The molecule has 1 fully saturated rings. The van der Waals surface area contributed by atoms with E-state index in [1.165, 1.54) is 6.42 Å². The van der Waals surface area contributed by atoms with E-state index in [0.29, 0.717) is 0 Å². The van der Waals surface area contributed by atoms with E-state index in [2.05, 4.69) is 4.90 Å². The Morgan fingerprint density at radius 2 is 2.00 bits per heavy atom. The van der Waals surface area contributed by atoms with Crippen LogP contribution in [0.25, 0.3) is 0 Å². The average Bonchev–Trinajstić information content (AvgIpc) is 2.43. The fourth-order valence-corrected chi connectivity index (χ4v) is 3.04. The highest BCUT2D eigenvalue weighted by Gasteiger charge is 2.29. The maximum atomic E-state index is 11.7. The number of carboxylic acids is 1. The average molecular weight is 276 g/mol. The Morgan fingerprint density at radius 1 is 1.35 bits per heavy atom. The summed E-state index contributed by atoms with van der Waals surface area (Å²) in [5, 5.41) is 9.63. The molecule has 0 amide bonds. The van der Waals surface area contributed by atoms with Crippen LogP contribution in [0, 0.1) is 6.92 Å². The Kier molecular flexibility index (Phi) is 4.65. The van der Waals surface area contributed by atoms with Crippen molar-refractivity contribution in [1.29, 1.82) is 0 Å². The van der Waals surface area contributed by atoms with Crippen LogP contribution in [0.1, 0.15) is 48.9 Å². The molecule has 1 aromatic rings. The van der Waals surface area contributed by atoms with E-state index in [0.717, 1.165) is 54.7 Å². The first-order valence-corrected chi connectivity index (χ1v) is 7.40. The molecule has 1 unspecified atom stereocenters. The Bertz CT molecular complexity index is 493. The van der Waals surface area contributed by atoms with Crippen molar-refractivity contribution < 1.29 is 9.90 Å². The topological polar surface area (TPSA) is 66.6 Å². The second kappa shape index (κ2) is 6.27. The molecule has 0 aliphatic carbocycles. The number of nitrogens with two attached hydrogens (primary N) is 1. The van der Waals surface area contributed by atoms with Gasteiger partial charge in [0, 0.05) is 5.69 Å². The van der Waals surface area contributed by atoms with Crippen molar-refractivity contribution in [3.8, 4) is 0 Å². The van der Waals surface area contributed by atoms with Gasteiger partial charge in [-0.2, -0.15) is 0 Å². The SMILES string of the molecule is CCc1cc(C(C(=O)O)N2CCCCC2)cc(C)c1N. The summed E-state index contributed by atoms with van der Waals surface area (Å²) in [6.07, 6.45) is 4.19. The fraction of sp³-hybridized carbons (Fsp3) is 0.562. The molecule has 110 valence electrons. The number of likely N-dealkylation sites (tertiary alicyclic amines) is 1. The van der Waals surface area contributed by atoms with Crippen LogP contribution in [0.3, 0.4) is 0 Å². The number of carbonyl (C=O) groups is 1. The molecule has 0 aromatic heterocycles. The summed E-state index contributed by atoms with van der Waals surface area (Å²) in [5.41, 5.74) is 9.73. The van der Waals surface area contributed by atoms with E-state index < -0.39 is 12.0 Å². The third-order valence-electron chi connectivity index (χ3n) is 4.18. The van der Waals surface area contributed by atoms with Crippen LogP contribution in [0.15, 0.2) is 12.1 Å². The first-order valence-electron chi connectivity index (χ1n) is 7.40. The largest absolute Gasteiger partial charge is 0.480 e. The minimum Gasteiger partial charge on any atom is -0.480 e. The third-order valence-corrected chi connectivity index (χ3v) is 4.18. The summed E-state index contributed by atoms with van der Waals surface area (Å²) in [5.74, 6) is -0.766. The van der Waals surface area contributed by atoms with E-state index in [1.54, 1.807) is 0 Å². The smallest absolute Gasteiger partial charge is 0.325 e. The number of piperidine rings is 1. The van der Waals surface area contributed by atoms with Crippen LogP contribution in [0.5, 0.6) is 0 Å². The molecule has 0 saturated carbocycles. The normalized spacial score (nSPS) is 17.9. The van der Waals surface area contributed by atoms with Crippen LogP contribution in [-0.4, -0.2) is 29.1 Å². The van der Waals surface area contributed by atoms with Crippen molar-refractivity contribution in [1.82, 2.24) is 4.90 Å². The quantitative estimate of drug-likeness (QED) is 0.830. The lowest BCUT2D eigenvalue weighted by atomic mass is 9.95. The monoisotopic (exact) mass is 276 g/mol. The van der Waals surface area contributed by atoms with Gasteiger partial charge in [-0.25, -0.2) is 0 Å². The fourth-order valence-electron chi connectivity index (χ4n) is 3.04. The van der Waals surface area contributed by atoms with Crippen LogP contribution >= 0.6 is 0 Å². The molecule has 0 bridgehead atoms.